The summed E-state index contributed by atoms with van der Waals surface area (Å²) >= 11 is 0. The van der Waals surface area contributed by atoms with Gasteiger partial charge in [0.1, 0.15) is 17.5 Å². The van der Waals surface area contributed by atoms with Crippen molar-refractivity contribution in [3.63, 3.8) is 0 Å². The summed E-state index contributed by atoms with van der Waals surface area (Å²) in [5.74, 6) is 3.91. The first kappa shape index (κ1) is 12.0. The quantitative estimate of drug-likeness (QED) is 0.858. The third-order valence-electron chi connectivity index (χ3n) is 3.06. The van der Waals surface area contributed by atoms with Gasteiger partial charge in [-0.3, -0.25) is 0 Å². The topological polar surface area (TPSA) is 75.9 Å². The molecule has 1 aliphatic carbocycles. The number of anilines is 2. The lowest BCUT2D eigenvalue weighted by molar-refractivity contribution is 0.384. The van der Waals surface area contributed by atoms with Gasteiger partial charge < -0.3 is 15.2 Å². The van der Waals surface area contributed by atoms with Crippen LogP contribution in [0.3, 0.4) is 0 Å². The third-order valence-corrected chi connectivity index (χ3v) is 3.06. The van der Waals surface area contributed by atoms with Crippen molar-refractivity contribution in [1.82, 2.24) is 15.1 Å². The molecule has 0 bridgehead atoms. The van der Waals surface area contributed by atoms with Gasteiger partial charge >= 0.3 is 0 Å². The number of aryl methyl sites for hydroxylation is 1. The predicted octanol–water partition coefficient (Wildman–Crippen LogP) is 2.30. The van der Waals surface area contributed by atoms with E-state index >= 15 is 0 Å². The van der Waals surface area contributed by atoms with Gasteiger partial charge in [0.05, 0.1) is 12.2 Å². The number of aromatic nitrogens is 3. The van der Waals surface area contributed by atoms with E-state index in [0.717, 1.165) is 28.9 Å². The molecule has 0 radical (unpaired) electrons. The largest absolute Gasteiger partial charge is 0.373 e. The molecule has 3 rings (SSSR count). The number of rotatable bonds is 5. The van der Waals surface area contributed by atoms with Crippen LogP contribution in [0.5, 0.6) is 0 Å². The molecule has 2 N–H and O–H groups in total. The first-order chi connectivity index (χ1) is 9.24. The summed E-state index contributed by atoms with van der Waals surface area (Å²) in [6, 6.07) is 3.81. The second kappa shape index (κ2) is 4.87. The zero-order chi connectivity index (χ0) is 13.2. The maximum atomic E-state index is 5.16. The fraction of sp³-hybridized carbons (Fsp3) is 0.462. The fourth-order valence-corrected chi connectivity index (χ4v) is 1.89. The highest BCUT2D eigenvalue weighted by molar-refractivity contribution is 5.48. The maximum Gasteiger partial charge on any atom is 0.156 e. The minimum atomic E-state index is 0.529. The Morgan fingerprint density at radius 1 is 1.26 bits per heavy atom. The van der Waals surface area contributed by atoms with Crippen molar-refractivity contribution < 1.29 is 4.52 Å². The van der Waals surface area contributed by atoms with Crippen molar-refractivity contribution in [3.05, 3.63) is 29.4 Å². The van der Waals surface area contributed by atoms with Crippen molar-refractivity contribution in [2.75, 3.05) is 17.7 Å². The van der Waals surface area contributed by atoms with Gasteiger partial charge in [-0.2, -0.15) is 0 Å². The molecule has 0 atom stereocenters. The number of hydrogen-bond donors (Lipinski definition) is 2. The average molecular weight is 259 g/mol. The van der Waals surface area contributed by atoms with Gasteiger partial charge in [-0.1, -0.05) is 5.16 Å². The van der Waals surface area contributed by atoms with Crippen LogP contribution in [-0.4, -0.2) is 22.2 Å². The molecule has 2 aromatic rings. The van der Waals surface area contributed by atoms with Crippen molar-refractivity contribution >= 4 is 11.6 Å². The Morgan fingerprint density at radius 2 is 2.05 bits per heavy atom. The van der Waals surface area contributed by atoms with E-state index in [1.54, 1.807) is 0 Å². The van der Waals surface area contributed by atoms with Crippen molar-refractivity contribution in [1.29, 1.82) is 0 Å². The molecule has 6 nitrogen and oxygen atoms in total. The summed E-state index contributed by atoms with van der Waals surface area (Å²) in [6.45, 7) is 2.48. The predicted molar refractivity (Wildman–Crippen MR) is 72.1 cm³/mol. The third kappa shape index (κ3) is 2.83. The minimum absolute atomic E-state index is 0.529. The highest BCUT2D eigenvalue weighted by Gasteiger charge is 2.27. The first-order valence-corrected chi connectivity index (χ1v) is 6.47. The Labute approximate surface area is 111 Å². The number of nitrogens with zero attached hydrogens (tertiary/aromatic N) is 3. The summed E-state index contributed by atoms with van der Waals surface area (Å²) in [5.41, 5.74) is 0.883. The fourth-order valence-electron chi connectivity index (χ4n) is 1.89. The molecule has 6 heteroatoms. The molecule has 2 heterocycles. The summed E-state index contributed by atoms with van der Waals surface area (Å²) in [4.78, 5) is 9.02. The molecular weight excluding hydrogens is 242 g/mol. The van der Waals surface area contributed by atoms with E-state index in [1.165, 1.54) is 12.8 Å². The number of nitrogens with one attached hydrogen (secondary N) is 2. The SMILES string of the molecule is CNc1cc(NCc2cc(C)no2)nc(C2CC2)n1. The van der Waals surface area contributed by atoms with E-state index in [-0.39, 0.29) is 0 Å². The highest BCUT2D eigenvalue weighted by atomic mass is 16.5. The summed E-state index contributed by atoms with van der Waals surface area (Å²) in [7, 11) is 1.86. The Bertz CT molecular complexity index is 576. The van der Waals surface area contributed by atoms with Gasteiger partial charge in [0, 0.05) is 25.1 Å². The van der Waals surface area contributed by atoms with Crippen LogP contribution in [0.25, 0.3) is 0 Å². The maximum absolute atomic E-state index is 5.16. The summed E-state index contributed by atoms with van der Waals surface area (Å²) < 4.78 is 5.16. The van der Waals surface area contributed by atoms with Crippen LogP contribution < -0.4 is 10.6 Å². The van der Waals surface area contributed by atoms with Gasteiger partial charge in [0.15, 0.2) is 5.76 Å². The van der Waals surface area contributed by atoms with Crippen LogP contribution in [0, 0.1) is 6.92 Å². The smallest absolute Gasteiger partial charge is 0.156 e. The lowest BCUT2D eigenvalue weighted by Crippen LogP contribution is -2.05. The van der Waals surface area contributed by atoms with Gasteiger partial charge in [-0.25, -0.2) is 9.97 Å². The number of hydrogen-bond acceptors (Lipinski definition) is 6. The molecular formula is C13H17N5O. The van der Waals surface area contributed by atoms with Crippen molar-refractivity contribution in [2.45, 2.75) is 32.2 Å². The van der Waals surface area contributed by atoms with E-state index in [1.807, 2.05) is 26.1 Å². The van der Waals surface area contributed by atoms with E-state index in [2.05, 4.69) is 25.8 Å². The van der Waals surface area contributed by atoms with Gasteiger partial charge in [-0.05, 0) is 19.8 Å². The molecule has 1 aliphatic rings. The molecule has 100 valence electrons. The normalized spacial score (nSPS) is 14.4. The van der Waals surface area contributed by atoms with E-state index < -0.39 is 0 Å². The lowest BCUT2D eigenvalue weighted by Gasteiger charge is -2.08. The van der Waals surface area contributed by atoms with Crippen LogP contribution in [0.1, 0.15) is 36.0 Å². The van der Waals surface area contributed by atoms with E-state index in [0.29, 0.717) is 12.5 Å². The molecule has 1 saturated carbocycles. The molecule has 19 heavy (non-hydrogen) atoms. The first-order valence-electron chi connectivity index (χ1n) is 6.47. The van der Waals surface area contributed by atoms with E-state index in [9.17, 15) is 0 Å². The molecule has 0 saturated heterocycles. The van der Waals surface area contributed by atoms with Crippen LogP contribution >= 0.6 is 0 Å². The zero-order valence-corrected chi connectivity index (χ0v) is 11.1. The molecule has 0 amide bonds. The summed E-state index contributed by atoms with van der Waals surface area (Å²) in [6.07, 6.45) is 2.38. The van der Waals surface area contributed by atoms with Gasteiger partial charge in [0.2, 0.25) is 0 Å². The second-order valence-electron chi connectivity index (χ2n) is 4.81. The molecule has 0 aromatic carbocycles. The Balaban J connectivity index is 1.74. The average Bonchev–Trinajstić information content (AvgIpc) is 3.19. The van der Waals surface area contributed by atoms with Crippen LogP contribution in [-0.2, 0) is 6.54 Å². The standard InChI is InChI=1S/C13H17N5O/c1-8-5-10(19-18-8)7-15-12-6-11(14-2)16-13(17-12)9-3-4-9/h5-6,9H,3-4,7H2,1-2H3,(H2,14,15,16,17). The van der Waals surface area contributed by atoms with Crippen LogP contribution in [0.4, 0.5) is 11.6 Å². The monoisotopic (exact) mass is 259 g/mol. The molecule has 1 fully saturated rings. The Hall–Kier alpha value is -2.11. The van der Waals surface area contributed by atoms with Crippen LogP contribution in [0.15, 0.2) is 16.7 Å². The lowest BCUT2D eigenvalue weighted by atomic mass is 10.3. The second-order valence-corrected chi connectivity index (χ2v) is 4.81. The minimum Gasteiger partial charge on any atom is -0.373 e. The Morgan fingerprint density at radius 3 is 2.68 bits per heavy atom. The van der Waals surface area contributed by atoms with Gasteiger partial charge in [0.25, 0.3) is 0 Å². The molecule has 0 spiro atoms. The van der Waals surface area contributed by atoms with E-state index in [4.69, 9.17) is 4.52 Å². The van der Waals surface area contributed by atoms with Gasteiger partial charge in [-0.15, -0.1) is 0 Å². The highest BCUT2D eigenvalue weighted by Crippen LogP contribution is 2.38. The molecule has 0 unspecified atom stereocenters. The zero-order valence-electron chi connectivity index (χ0n) is 11.1. The molecule has 0 aliphatic heterocycles. The van der Waals surface area contributed by atoms with Crippen molar-refractivity contribution in [2.24, 2.45) is 0 Å². The van der Waals surface area contributed by atoms with Crippen LogP contribution in [0.2, 0.25) is 0 Å². The van der Waals surface area contributed by atoms with Crippen molar-refractivity contribution in [3.8, 4) is 0 Å². The molecule has 2 aromatic heterocycles. The Kier molecular flexibility index (Phi) is 3.06. The summed E-state index contributed by atoms with van der Waals surface area (Å²) in [5, 5.41) is 10.2.